The molecule has 1 saturated carbocycles. The van der Waals surface area contributed by atoms with Gasteiger partial charge in [-0.05, 0) is 33.6 Å². The SMILES string of the molecule is CC(C)(C)OC(=O)N1CCN(C(=O)CCl)CC12CC2. The Morgan fingerprint density at radius 1 is 1.26 bits per heavy atom. The fourth-order valence-electron chi connectivity index (χ4n) is 2.45. The van der Waals surface area contributed by atoms with Crippen molar-refractivity contribution in [3.8, 4) is 0 Å². The molecule has 1 aliphatic carbocycles. The van der Waals surface area contributed by atoms with Crippen molar-refractivity contribution in [1.29, 1.82) is 0 Å². The van der Waals surface area contributed by atoms with E-state index in [0.29, 0.717) is 19.6 Å². The summed E-state index contributed by atoms with van der Waals surface area (Å²) in [5, 5.41) is 0. The topological polar surface area (TPSA) is 49.9 Å². The van der Waals surface area contributed by atoms with Crippen LogP contribution in [-0.4, -0.2) is 58.5 Å². The predicted octanol–water partition coefficient (Wildman–Crippen LogP) is 1.84. The first kappa shape index (κ1) is 14.4. The molecule has 2 rings (SSSR count). The van der Waals surface area contributed by atoms with E-state index in [1.165, 1.54) is 0 Å². The van der Waals surface area contributed by atoms with Gasteiger partial charge in [-0.2, -0.15) is 0 Å². The van der Waals surface area contributed by atoms with Crippen molar-refractivity contribution in [2.75, 3.05) is 25.5 Å². The van der Waals surface area contributed by atoms with Crippen LogP contribution in [0.1, 0.15) is 33.6 Å². The first-order chi connectivity index (χ1) is 8.77. The van der Waals surface area contributed by atoms with E-state index in [-0.39, 0.29) is 23.4 Å². The molecular weight excluding hydrogens is 268 g/mol. The van der Waals surface area contributed by atoms with Crippen LogP contribution in [0, 0.1) is 0 Å². The normalized spacial score (nSPS) is 21.5. The summed E-state index contributed by atoms with van der Waals surface area (Å²) in [6.45, 7) is 7.22. The van der Waals surface area contributed by atoms with E-state index in [2.05, 4.69) is 0 Å². The number of piperazine rings is 1. The number of alkyl halides is 1. The molecule has 2 amide bonds. The molecule has 1 saturated heterocycles. The number of ether oxygens (including phenoxy) is 1. The van der Waals surface area contributed by atoms with Crippen molar-refractivity contribution in [3.05, 3.63) is 0 Å². The molecule has 0 bridgehead atoms. The summed E-state index contributed by atoms with van der Waals surface area (Å²) in [7, 11) is 0. The van der Waals surface area contributed by atoms with Crippen molar-refractivity contribution in [1.82, 2.24) is 9.80 Å². The molecule has 108 valence electrons. The number of halogens is 1. The number of hydrogen-bond acceptors (Lipinski definition) is 3. The van der Waals surface area contributed by atoms with Gasteiger partial charge in [-0.3, -0.25) is 9.69 Å². The van der Waals surface area contributed by atoms with Crippen LogP contribution >= 0.6 is 11.6 Å². The van der Waals surface area contributed by atoms with Gasteiger partial charge < -0.3 is 9.64 Å². The van der Waals surface area contributed by atoms with Gasteiger partial charge in [-0.15, -0.1) is 11.6 Å². The third-order valence-electron chi connectivity index (χ3n) is 3.56. The van der Waals surface area contributed by atoms with Crippen LogP contribution in [0.3, 0.4) is 0 Å². The fraction of sp³-hybridized carbons (Fsp3) is 0.846. The Balaban J connectivity index is 2.02. The highest BCUT2D eigenvalue weighted by molar-refractivity contribution is 6.27. The lowest BCUT2D eigenvalue weighted by molar-refractivity contribution is -0.132. The van der Waals surface area contributed by atoms with Crippen LogP contribution in [0.5, 0.6) is 0 Å². The molecule has 1 heterocycles. The van der Waals surface area contributed by atoms with Crippen molar-refractivity contribution in [2.24, 2.45) is 0 Å². The predicted molar refractivity (Wildman–Crippen MR) is 72.2 cm³/mol. The summed E-state index contributed by atoms with van der Waals surface area (Å²) in [6, 6.07) is 0. The molecule has 0 radical (unpaired) electrons. The third-order valence-corrected chi connectivity index (χ3v) is 3.79. The lowest BCUT2D eigenvalue weighted by atomic mass is 10.1. The monoisotopic (exact) mass is 288 g/mol. The van der Waals surface area contributed by atoms with Gasteiger partial charge in [0, 0.05) is 19.6 Å². The molecule has 2 aliphatic rings. The molecule has 19 heavy (non-hydrogen) atoms. The minimum atomic E-state index is -0.490. The Morgan fingerprint density at radius 2 is 1.89 bits per heavy atom. The molecule has 0 N–H and O–H groups in total. The Morgan fingerprint density at radius 3 is 2.37 bits per heavy atom. The quantitative estimate of drug-likeness (QED) is 0.692. The average Bonchev–Trinajstić information content (AvgIpc) is 3.05. The smallest absolute Gasteiger partial charge is 0.410 e. The van der Waals surface area contributed by atoms with Gasteiger partial charge >= 0.3 is 6.09 Å². The van der Waals surface area contributed by atoms with Crippen LogP contribution < -0.4 is 0 Å². The number of amides is 2. The van der Waals surface area contributed by atoms with Gasteiger partial charge in [0.25, 0.3) is 0 Å². The Bertz CT molecular complexity index is 388. The molecule has 6 heteroatoms. The molecular formula is C13H21ClN2O3. The highest BCUT2D eigenvalue weighted by Crippen LogP contribution is 2.44. The van der Waals surface area contributed by atoms with Crippen molar-refractivity contribution in [3.63, 3.8) is 0 Å². The molecule has 0 aromatic carbocycles. The number of rotatable bonds is 1. The maximum Gasteiger partial charge on any atom is 0.410 e. The van der Waals surface area contributed by atoms with E-state index in [0.717, 1.165) is 12.8 Å². The second-order valence-corrected chi connectivity index (χ2v) is 6.57. The Labute approximate surface area is 118 Å². The molecule has 1 spiro atoms. The maximum absolute atomic E-state index is 12.2. The number of nitrogens with zero attached hydrogens (tertiary/aromatic N) is 2. The largest absolute Gasteiger partial charge is 0.444 e. The standard InChI is InChI=1S/C13H21ClN2O3/c1-12(2,3)19-11(18)16-7-6-15(10(17)8-14)9-13(16)4-5-13/h4-9H2,1-3H3. The molecule has 0 aromatic heterocycles. The van der Waals surface area contributed by atoms with Crippen LogP contribution in [0.15, 0.2) is 0 Å². The van der Waals surface area contributed by atoms with Gasteiger partial charge in [-0.25, -0.2) is 4.79 Å². The van der Waals surface area contributed by atoms with Crippen LogP contribution in [0.2, 0.25) is 0 Å². The average molecular weight is 289 g/mol. The highest BCUT2D eigenvalue weighted by atomic mass is 35.5. The van der Waals surface area contributed by atoms with Crippen molar-refractivity contribution < 1.29 is 14.3 Å². The zero-order chi connectivity index (χ0) is 14.3. The van der Waals surface area contributed by atoms with Crippen molar-refractivity contribution >= 4 is 23.6 Å². The van der Waals surface area contributed by atoms with Crippen LogP contribution in [0.4, 0.5) is 4.79 Å². The van der Waals surface area contributed by atoms with Gasteiger partial charge in [0.05, 0.1) is 5.54 Å². The van der Waals surface area contributed by atoms with Crippen molar-refractivity contribution in [2.45, 2.75) is 44.8 Å². The third kappa shape index (κ3) is 3.14. The van der Waals surface area contributed by atoms with Crippen LogP contribution in [-0.2, 0) is 9.53 Å². The summed E-state index contributed by atoms with van der Waals surface area (Å²) in [4.78, 5) is 27.4. The zero-order valence-electron chi connectivity index (χ0n) is 11.7. The first-order valence-electron chi connectivity index (χ1n) is 6.62. The Kier molecular flexibility index (Phi) is 3.69. The minimum absolute atomic E-state index is 0.00250. The summed E-state index contributed by atoms with van der Waals surface area (Å²) >= 11 is 5.59. The lowest BCUT2D eigenvalue weighted by Gasteiger charge is -2.42. The Hall–Kier alpha value is -0.970. The highest BCUT2D eigenvalue weighted by Gasteiger charge is 2.54. The molecule has 0 unspecified atom stereocenters. The van der Waals surface area contributed by atoms with Gasteiger partial charge in [0.15, 0.2) is 0 Å². The maximum atomic E-state index is 12.2. The van der Waals surface area contributed by atoms with Gasteiger partial charge in [-0.1, -0.05) is 0 Å². The summed E-state index contributed by atoms with van der Waals surface area (Å²) < 4.78 is 5.43. The molecule has 5 nitrogen and oxygen atoms in total. The van der Waals surface area contributed by atoms with Gasteiger partial charge in [0.2, 0.25) is 5.91 Å². The first-order valence-corrected chi connectivity index (χ1v) is 7.15. The summed E-state index contributed by atoms with van der Waals surface area (Å²) in [5.41, 5.74) is -0.696. The van der Waals surface area contributed by atoms with Crippen LogP contribution in [0.25, 0.3) is 0 Å². The number of hydrogen-bond donors (Lipinski definition) is 0. The molecule has 0 atom stereocenters. The van der Waals surface area contributed by atoms with Gasteiger partial charge in [0.1, 0.15) is 11.5 Å². The number of carbonyl (C=O) groups excluding carboxylic acids is 2. The minimum Gasteiger partial charge on any atom is -0.444 e. The summed E-state index contributed by atoms with van der Waals surface area (Å²) in [5.74, 6) is -0.0560. The molecule has 1 aliphatic heterocycles. The van der Waals surface area contributed by atoms with E-state index in [4.69, 9.17) is 16.3 Å². The van der Waals surface area contributed by atoms with E-state index in [9.17, 15) is 9.59 Å². The second-order valence-electron chi connectivity index (χ2n) is 6.31. The van der Waals surface area contributed by atoms with E-state index in [1.54, 1.807) is 9.80 Å². The summed E-state index contributed by atoms with van der Waals surface area (Å²) in [6.07, 6.45) is 1.58. The zero-order valence-corrected chi connectivity index (χ0v) is 12.5. The molecule has 0 aromatic rings. The second kappa shape index (κ2) is 4.85. The van der Waals surface area contributed by atoms with E-state index < -0.39 is 5.60 Å². The molecule has 2 fully saturated rings. The van der Waals surface area contributed by atoms with E-state index in [1.807, 2.05) is 20.8 Å². The lowest BCUT2D eigenvalue weighted by Crippen LogP contribution is -2.59. The fourth-order valence-corrected chi connectivity index (χ4v) is 2.62. The number of carbonyl (C=O) groups is 2. The van der Waals surface area contributed by atoms with E-state index >= 15 is 0 Å².